The molecule has 2 bridgehead atoms. The maximum Gasteiger partial charge on any atom is 0.203 e. The first-order valence-electron chi connectivity index (χ1n) is 12.3. The highest BCUT2D eigenvalue weighted by Gasteiger charge is 2.49. The molecule has 2 fully saturated rings. The zero-order valence-corrected chi connectivity index (χ0v) is 22.2. The Kier molecular flexibility index (Phi) is 7.83. The maximum absolute atomic E-state index is 13.9. The van der Waals surface area contributed by atoms with Crippen molar-refractivity contribution in [2.75, 3.05) is 42.7 Å². The fourth-order valence-corrected chi connectivity index (χ4v) is 5.90. The van der Waals surface area contributed by atoms with Gasteiger partial charge in [-0.25, -0.2) is 0 Å². The Morgan fingerprint density at radius 1 is 0.667 bits per heavy atom. The van der Waals surface area contributed by atoms with E-state index in [4.69, 9.17) is 28.4 Å². The molecule has 2 aromatic carbocycles. The Balaban J connectivity index is 1.84. The number of carbonyl (C=O) groups excluding carboxylic acids is 1. The second-order valence-electron chi connectivity index (χ2n) is 9.40. The van der Waals surface area contributed by atoms with Crippen molar-refractivity contribution in [1.29, 1.82) is 0 Å². The molecule has 36 heavy (non-hydrogen) atoms. The minimum atomic E-state index is -0.221. The van der Waals surface area contributed by atoms with Gasteiger partial charge in [0.2, 0.25) is 11.5 Å². The fraction of sp³-hybridized carbons (Fsp3) is 0.536. The number of piperidine rings is 1. The van der Waals surface area contributed by atoms with E-state index in [2.05, 4.69) is 12.2 Å². The van der Waals surface area contributed by atoms with Crippen molar-refractivity contribution in [1.82, 2.24) is 5.32 Å². The third kappa shape index (κ3) is 4.43. The molecule has 1 saturated heterocycles. The summed E-state index contributed by atoms with van der Waals surface area (Å²) in [6.07, 6.45) is 2.73. The molecule has 0 spiro atoms. The monoisotopic (exact) mass is 499 g/mol. The molecule has 4 rings (SSSR count). The Labute approximate surface area is 213 Å². The average Bonchev–Trinajstić information content (AvgIpc) is 2.91. The van der Waals surface area contributed by atoms with Gasteiger partial charge in [0.1, 0.15) is 5.78 Å². The lowest BCUT2D eigenvalue weighted by Crippen LogP contribution is -2.52. The quantitative estimate of drug-likeness (QED) is 0.529. The van der Waals surface area contributed by atoms with Crippen LogP contribution in [-0.2, 0) is 4.79 Å². The molecule has 8 heteroatoms. The predicted molar refractivity (Wildman–Crippen MR) is 136 cm³/mol. The van der Waals surface area contributed by atoms with Gasteiger partial charge in [-0.15, -0.1) is 0 Å². The topological polar surface area (TPSA) is 84.5 Å². The van der Waals surface area contributed by atoms with Crippen LogP contribution in [0, 0.1) is 17.8 Å². The number of ether oxygens (including phenoxy) is 6. The second-order valence-corrected chi connectivity index (χ2v) is 9.40. The zero-order valence-electron chi connectivity index (χ0n) is 22.2. The first kappa shape index (κ1) is 25.9. The molecule has 5 atom stereocenters. The normalized spacial score (nSPS) is 25.2. The van der Waals surface area contributed by atoms with E-state index in [0.29, 0.717) is 40.4 Å². The highest BCUT2D eigenvalue weighted by atomic mass is 16.5. The Morgan fingerprint density at radius 3 is 1.31 bits per heavy atom. The number of hydrogen-bond donors (Lipinski definition) is 1. The van der Waals surface area contributed by atoms with E-state index in [-0.39, 0.29) is 29.7 Å². The molecule has 1 N–H and O–H groups in total. The van der Waals surface area contributed by atoms with Crippen LogP contribution in [0.25, 0.3) is 0 Å². The Hall–Kier alpha value is -3.13. The number of nitrogens with one attached hydrogen (secondary N) is 1. The molecule has 1 heterocycles. The lowest BCUT2D eigenvalue weighted by molar-refractivity contribution is -0.137. The van der Waals surface area contributed by atoms with Crippen LogP contribution >= 0.6 is 0 Å². The van der Waals surface area contributed by atoms with Crippen LogP contribution in [-0.4, -0.2) is 48.4 Å². The van der Waals surface area contributed by atoms with E-state index in [1.54, 1.807) is 42.7 Å². The molecule has 2 aromatic rings. The summed E-state index contributed by atoms with van der Waals surface area (Å²) < 4.78 is 33.5. The molecule has 0 amide bonds. The highest BCUT2D eigenvalue weighted by Crippen LogP contribution is 2.52. The van der Waals surface area contributed by atoms with Crippen molar-refractivity contribution < 1.29 is 33.2 Å². The summed E-state index contributed by atoms with van der Waals surface area (Å²) in [5, 5.41) is 3.82. The molecule has 1 unspecified atom stereocenters. The Morgan fingerprint density at radius 2 is 1.03 bits per heavy atom. The van der Waals surface area contributed by atoms with Gasteiger partial charge in [0.15, 0.2) is 23.0 Å². The first-order valence-corrected chi connectivity index (χ1v) is 12.3. The van der Waals surface area contributed by atoms with Gasteiger partial charge in [-0.3, -0.25) is 4.79 Å². The molecular formula is C28H37NO7. The molecule has 1 aliphatic carbocycles. The predicted octanol–water partition coefficient (Wildman–Crippen LogP) is 4.75. The van der Waals surface area contributed by atoms with Gasteiger partial charge in [-0.1, -0.05) is 13.3 Å². The van der Waals surface area contributed by atoms with Crippen LogP contribution in [0.2, 0.25) is 0 Å². The molecule has 0 aromatic heterocycles. The second kappa shape index (κ2) is 10.9. The largest absolute Gasteiger partial charge is 0.493 e. The van der Waals surface area contributed by atoms with Crippen molar-refractivity contribution >= 4 is 5.78 Å². The summed E-state index contributed by atoms with van der Waals surface area (Å²) in [5.74, 6) is 3.78. The molecule has 1 aliphatic heterocycles. The molecule has 1 saturated carbocycles. The van der Waals surface area contributed by atoms with Crippen molar-refractivity contribution in [3.05, 3.63) is 35.4 Å². The summed E-state index contributed by atoms with van der Waals surface area (Å²) in [6, 6.07) is 7.31. The maximum atomic E-state index is 13.9. The van der Waals surface area contributed by atoms with E-state index in [1.807, 2.05) is 24.3 Å². The van der Waals surface area contributed by atoms with E-state index < -0.39 is 0 Å². The van der Waals surface area contributed by atoms with Gasteiger partial charge in [0.05, 0.1) is 42.7 Å². The number of rotatable bonds is 9. The van der Waals surface area contributed by atoms with Gasteiger partial charge in [-0.05, 0) is 54.2 Å². The third-order valence-electron chi connectivity index (χ3n) is 7.74. The van der Waals surface area contributed by atoms with Crippen molar-refractivity contribution in [3.63, 3.8) is 0 Å². The lowest BCUT2D eigenvalue weighted by atomic mass is 9.63. The van der Waals surface area contributed by atoms with E-state index in [1.165, 1.54) is 0 Å². The summed E-state index contributed by atoms with van der Waals surface area (Å²) in [5.41, 5.74) is 1.85. The minimum Gasteiger partial charge on any atom is -0.493 e. The number of ketones is 1. The summed E-state index contributed by atoms with van der Waals surface area (Å²) in [4.78, 5) is 13.9. The molecule has 0 radical (unpaired) electrons. The van der Waals surface area contributed by atoms with Gasteiger partial charge in [0, 0.05) is 23.9 Å². The van der Waals surface area contributed by atoms with Gasteiger partial charge >= 0.3 is 0 Å². The van der Waals surface area contributed by atoms with Gasteiger partial charge in [0.25, 0.3) is 0 Å². The van der Waals surface area contributed by atoms with Crippen molar-refractivity contribution in [3.8, 4) is 34.5 Å². The van der Waals surface area contributed by atoms with E-state index >= 15 is 0 Å². The van der Waals surface area contributed by atoms with Crippen LogP contribution < -0.4 is 33.7 Å². The number of Topliss-reactive ketones (excluding diaryl/α,β-unsaturated/α-hetero) is 1. The Bertz CT molecular complexity index is 970. The molecule has 196 valence electrons. The van der Waals surface area contributed by atoms with Crippen LogP contribution in [0.4, 0.5) is 0 Å². The fourth-order valence-electron chi connectivity index (χ4n) is 5.90. The summed E-state index contributed by atoms with van der Waals surface area (Å²) in [7, 11) is 9.57. The average molecular weight is 500 g/mol. The summed E-state index contributed by atoms with van der Waals surface area (Å²) in [6.45, 7) is 2.20. The standard InChI is InChI=1S/C28H37NO7/c1-8-15-9-18-24(16-11-20(31-2)27(35-6)21(12-16)32-3)29-25(19(10-15)26(18)30)17-13-22(33-4)28(36-7)23(14-17)34-5/h11-15,18-19,24-25,29H,8-10H2,1-7H3/t15?,18-,19+,24-,25+. The zero-order chi connectivity index (χ0) is 26.0. The minimum absolute atomic E-state index is 0.144. The lowest BCUT2D eigenvalue weighted by Gasteiger charge is -2.47. The molecule has 8 nitrogen and oxygen atoms in total. The highest BCUT2D eigenvalue weighted by molar-refractivity contribution is 5.87. The van der Waals surface area contributed by atoms with Crippen molar-refractivity contribution in [2.24, 2.45) is 17.8 Å². The number of hydrogen-bond acceptors (Lipinski definition) is 8. The number of fused-ring (bicyclic) bond motifs is 2. The number of benzene rings is 2. The van der Waals surface area contributed by atoms with E-state index in [0.717, 1.165) is 30.4 Å². The third-order valence-corrected chi connectivity index (χ3v) is 7.74. The first-order chi connectivity index (χ1) is 17.4. The number of methoxy groups -OCH3 is 6. The van der Waals surface area contributed by atoms with Crippen molar-refractivity contribution in [2.45, 2.75) is 38.3 Å². The van der Waals surface area contributed by atoms with Crippen LogP contribution in [0.1, 0.15) is 49.4 Å². The molecule has 2 aliphatic rings. The summed E-state index contributed by atoms with van der Waals surface area (Å²) >= 11 is 0. The SMILES string of the molecule is CCC1C[C@@H]2C(=O)[C@H](C1)[C@@H](c1cc(OC)c(OC)c(OC)c1)N[C@H]2c1cc(OC)c(OC)c(OC)c1. The van der Waals surface area contributed by atoms with Gasteiger partial charge < -0.3 is 33.7 Å². The number of carbonyl (C=O) groups is 1. The van der Waals surface area contributed by atoms with Crippen LogP contribution in [0.5, 0.6) is 34.5 Å². The van der Waals surface area contributed by atoms with Gasteiger partial charge in [-0.2, -0.15) is 0 Å². The van der Waals surface area contributed by atoms with E-state index in [9.17, 15) is 4.79 Å². The molecular weight excluding hydrogens is 462 g/mol. The smallest absolute Gasteiger partial charge is 0.203 e. The van der Waals surface area contributed by atoms with Crippen LogP contribution in [0.15, 0.2) is 24.3 Å². The van der Waals surface area contributed by atoms with Crippen LogP contribution in [0.3, 0.4) is 0 Å².